The van der Waals surface area contributed by atoms with E-state index in [2.05, 4.69) is 26.1 Å². The highest BCUT2D eigenvalue weighted by molar-refractivity contribution is 9.10. The van der Waals surface area contributed by atoms with E-state index in [0.717, 1.165) is 36.2 Å². The molecule has 2 rings (SSSR count). The van der Waals surface area contributed by atoms with Crippen molar-refractivity contribution < 1.29 is 17.9 Å². The van der Waals surface area contributed by atoms with Gasteiger partial charge in [-0.2, -0.15) is 13.2 Å². The fraction of sp³-hybridized carbons (Fsp3) is 0.625. The zero-order valence-electron chi connectivity index (χ0n) is 13.9. The summed E-state index contributed by atoms with van der Waals surface area (Å²) in [5.74, 6) is 0.668. The zero-order valence-corrected chi connectivity index (χ0v) is 17.2. The Labute approximate surface area is 167 Å². The quantitative estimate of drug-likeness (QED) is 0.638. The standard InChI is InChI=1S/C16H22BrF3N2O.2ClH/c1-2-23-15-4-3-12(17)11-13(15)14(5-6-16(18,19)20)22-9-7-21-8-10-22;;/h3-4,11,14,21H,2,5-10H2,1H3;2*1H/t14-;;/m1../s1. The third kappa shape index (κ3) is 7.91. The monoisotopic (exact) mass is 466 g/mol. The highest BCUT2D eigenvalue weighted by Gasteiger charge is 2.32. The maximum Gasteiger partial charge on any atom is 0.389 e. The van der Waals surface area contributed by atoms with Crippen molar-refractivity contribution in [3.8, 4) is 5.75 Å². The smallest absolute Gasteiger partial charge is 0.389 e. The molecule has 0 unspecified atom stereocenters. The Morgan fingerprint density at radius 3 is 2.44 bits per heavy atom. The molecule has 0 aliphatic carbocycles. The maximum absolute atomic E-state index is 12.8. The average molecular weight is 468 g/mol. The van der Waals surface area contributed by atoms with E-state index in [4.69, 9.17) is 4.74 Å². The maximum atomic E-state index is 12.8. The number of benzene rings is 1. The van der Waals surface area contributed by atoms with Crippen LogP contribution in [0.15, 0.2) is 22.7 Å². The van der Waals surface area contributed by atoms with Gasteiger partial charge in [-0.1, -0.05) is 15.9 Å². The van der Waals surface area contributed by atoms with Crippen molar-refractivity contribution in [2.24, 2.45) is 0 Å². The molecule has 0 saturated carbocycles. The Morgan fingerprint density at radius 1 is 1.24 bits per heavy atom. The molecule has 1 aliphatic rings. The zero-order chi connectivity index (χ0) is 16.9. The molecule has 0 radical (unpaired) electrons. The van der Waals surface area contributed by atoms with Crippen LogP contribution in [0.5, 0.6) is 5.75 Å². The first-order chi connectivity index (χ1) is 10.9. The molecule has 1 saturated heterocycles. The van der Waals surface area contributed by atoms with Crippen LogP contribution in [-0.2, 0) is 0 Å². The number of nitrogens with one attached hydrogen (secondary N) is 1. The van der Waals surface area contributed by atoms with Crippen LogP contribution in [0, 0.1) is 0 Å². The van der Waals surface area contributed by atoms with Crippen LogP contribution in [-0.4, -0.2) is 43.9 Å². The fourth-order valence-electron chi connectivity index (χ4n) is 2.90. The first kappa shape index (κ1) is 24.8. The Kier molecular flexibility index (Phi) is 11.4. The SMILES string of the molecule is CCOc1ccc(Br)cc1[C@@H](CCC(F)(F)F)N1CCNCC1.Cl.Cl. The molecule has 1 heterocycles. The van der Waals surface area contributed by atoms with E-state index in [0.29, 0.717) is 12.4 Å². The van der Waals surface area contributed by atoms with Crippen LogP contribution in [0.1, 0.15) is 31.4 Å². The summed E-state index contributed by atoms with van der Waals surface area (Å²) >= 11 is 3.42. The lowest BCUT2D eigenvalue weighted by Crippen LogP contribution is -2.45. The summed E-state index contributed by atoms with van der Waals surface area (Å²) < 4.78 is 44.8. The first-order valence-electron chi connectivity index (χ1n) is 7.84. The molecule has 0 amide bonds. The fourth-order valence-corrected chi connectivity index (χ4v) is 3.27. The summed E-state index contributed by atoms with van der Waals surface area (Å²) in [4.78, 5) is 2.12. The number of halogens is 6. The highest BCUT2D eigenvalue weighted by atomic mass is 79.9. The van der Waals surface area contributed by atoms with Crippen molar-refractivity contribution in [3.63, 3.8) is 0 Å². The topological polar surface area (TPSA) is 24.5 Å². The molecule has 3 nitrogen and oxygen atoms in total. The molecule has 1 aliphatic heterocycles. The lowest BCUT2D eigenvalue weighted by atomic mass is 9.98. The Hall–Kier alpha value is -0.210. The van der Waals surface area contributed by atoms with Gasteiger partial charge in [0.15, 0.2) is 0 Å². The van der Waals surface area contributed by atoms with Gasteiger partial charge in [0.25, 0.3) is 0 Å². The third-order valence-corrected chi connectivity index (χ3v) is 4.42. The van der Waals surface area contributed by atoms with Gasteiger partial charge in [-0.05, 0) is 31.5 Å². The van der Waals surface area contributed by atoms with Gasteiger partial charge in [-0.3, -0.25) is 4.90 Å². The predicted octanol–water partition coefficient (Wildman–Crippen LogP) is 4.98. The second kappa shape index (κ2) is 11.5. The summed E-state index contributed by atoms with van der Waals surface area (Å²) in [5, 5.41) is 3.24. The van der Waals surface area contributed by atoms with Crippen LogP contribution in [0.2, 0.25) is 0 Å². The second-order valence-corrected chi connectivity index (χ2v) is 6.49. The van der Waals surface area contributed by atoms with Gasteiger partial charge in [0.2, 0.25) is 0 Å². The van der Waals surface area contributed by atoms with E-state index in [1.165, 1.54) is 0 Å². The van der Waals surface area contributed by atoms with Gasteiger partial charge in [-0.15, -0.1) is 24.8 Å². The summed E-state index contributed by atoms with van der Waals surface area (Å²) in [5.41, 5.74) is 0.826. The van der Waals surface area contributed by atoms with Crippen molar-refractivity contribution in [3.05, 3.63) is 28.2 Å². The molecule has 25 heavy (non-hydrogen) atoms. The lowest BCUT2D eigenvalue weighted by Gasteiger charge is -2.36. The van der Waals surface area contributed by atoms with Crippen LogP contribution in [0.25, 0.3) is 0 Å². The number of nitrogens with zero attached hydrogens (tertiary/aromatic N) is 1. The molecule has 146 valence electrons. The van der Waals surface area contributed by atoms with Crippen molar-refractivity contribution in [2.45, 2.75) is 32.0 Å². The Bertz CT molecular complexity index is 515. The molecule has 0 spiro atoms. The molecule has 1 fully saturated rings. The minimum absolute atomic E-state index is 0. The van der Waals surface area contributed by atoms with Crippen molar-refractivity contribution in [2.75, 3.05) is 32.8 Å². The minimum Gasteiger partial charge on any atom is -0.494 e. The van der Waals surface area contributed by atoms with Gasteiger partial charge < -0.3 is 10.1 Å². The number of piperazine rings is 1. The normalized spacial score (nSPS) is 16.5. The van der Waals surface area contributed by atoms with E-state index in [1.54, 1.807) is 0 Å². The molecule has 0 bridgehead atoms. The Balaban J connectivity index is 0.00000288. The van der Waals surface area contributed by atoms with Crippen LogP contribution < -0.4 is 10.1 Å². The number of hydrogen-bond donors (Lipinski definition) is 1. The third-order valence-electron chi connectivity index (χ3n) is 3.92. The number of alkyl halides is 3. The summed E-state index contributed by atoms with van der Waals surface area (Å²) in [6.45, 7) is 5.42. The molecular formula is C16H24BrCl2F3N2O. The molecule has 1 aromatic rings. The van der Waals surface area contributed by atoms with Gasteiger partial charge in [0.05, 0.1) is 6.61 Å². The number of hydrogen-bond acceptors (Lipinski definition) is 3. The summed E-state index contributed by atoms with van der Waals surface area (Å²) in [7, 11) is 0. The van der Waals surface area contributed by atoms with E-state index >= 15 is 0 Å². The van der Waals surface area contributed by atoms with E-state index in [-0.39, 0.29) is 37.3 Å². The minimum atomic E-state index is -4.15. The molecular weight excluding hydrogens is 444 g/mol. The lowest BCUT2D eigenvalue weighted by molar-refractivity contribution is -0.138. The van der Waals surface area contributed by atoms with Gasteiger partial charge >= 0.3 is 6.18 Å². The van der Waals surface area contributed by atoms with E-state index < -0.39 is 12.6 Å². The van der Waals surface area contributed by atoms with Crippen molar-refractivity contribution in [1.29, 1.82) is 0 Å². The largest absolute Gasteiger partial charge is 0.494 e. The van der Waals surface area contributed by atoms with Crippen molar-refractivity contribution >= 4 is 40.7 Å². The van der Waals surface area contributed by atoms with Crippen LogP contribution in [0.4, 0.5) is 13.2 Å². The van der Waals surface area contributed by atoms with Crippen LogP contribution >= 0.6 is 40.7 Å². The highest BCUT2D eigenvalue weighted by Crippen LogP contribution is 2.37. The average Bonchev–Trinajstić information content (AvgIpc) is 2.50. The first-order valence-corrected chi connectivity index (χ1v) is 8.64. The molecule has 1 N–H and O–H groups in total. The number of ether oxygens (including phenoxy) is 1. The van der Waals surface area contributed by atoms with Gasteiger partial charge in [0.1, 0.15) is 5.75 Å². The van der Waals surface area contributed by atoms with Gasteiger partial charge in [-0.25, -0.2) is 0 Å². The molecule has 9 heteroatoms. The van der Waals surface area contributed by atoms with E-state index in [1.807, 2.05) is 25.1 Å². The molecule has 0 aromatic heterocycles. The van der Waals surface area contributed by atoms with Crippen molar-refractivity contribution in [1.82, 2.24) is 10.2 Å². The van der Waals surface area contributed by atoms with E-state index in [9.17, 15) is 13.2 Å². The van der Waals surface area contributed by atoms with Gasteiger partial charge in [0, 0.05) is 48.7 Å². The summed E-state index contributed by atoms with van der Waals surface area (Å²) in [6, 6.07) is 5.27. The van der Waals surface area contributed by atoms with Crippen LogP contribution in [0.3, 0.4) is 0 Å². The number of rotatable bonds is 6. The molecule has 1 aromatic carbocycles. The predicted molar refractivity (Wildman–Crippen MR) is 102 cm³/mol. The molecule has 1 atom stereocenters. The summed E-state index contributed by atoms with van der Waals surface area (Å²) in [6.07, 6.45) is -4.90. The Morgan fingerprint density at radius 2 is 1.88 bits per heavy atom. The second-order valence-electron chi connectivity index (χ2n) is 5.57.